The third kappa shape index (κ3) is 4.17. The van der Waals surface area contributed by atoms with Crippen molar-refractivity contribution in [2.24, 2.45) is 0 Å². The van der Waals surface area contributed by atoms with E-state index in [1.54, 1.807) is 0 Å². The zero-order chi connectivity index (χ0) is 13.3. The fourth-order valence-corrected chi connectivity index (χ4v) is 1.75. The van der Waals surface area contributed by atoms with Gasteiger partial charge >= 0.3 is 0 Å². The Morgan fingerprint density at radius 2 is 1.68 bits per heavy atom. The molecule has 0 radical (unpaired) electrons. The van der Waals surface area contributed by atoms with Crippen molar-refractivity contribution in [3.8, 4) is 17.6 Å². The second-order valence-electron chi connectivity index (χ2n) is 4.04. The fourth-order valence-electron chi connectivity index (χ4n) is 1.75. The van der Waals surface area contributed by atoms with Crippen molar-refractivity contribution < 1.29 is 9.84 Å². The van der Waals surface area contributed by atoms with Crippen LogP contribution in [0.15, 0.2) is 54.6 Å². The Kier molecular flexibility index (Phi) is 5.04. The SMILES string of the molecule is OCC#Cc1ccccc1OCCc1ccccc1. The van der Waals surface area contributed by atoms with Crippen molar-refractivity contribution >= 4 is 0 Å². The summed E-state index contributed by atoms with van der Waals surface area (Å²) in [5.74, 6) is 6.29. The lowest BCUT2D eigenvalue weighted by Gasteiger charge is -2.08. The first-order valence-electron chi connectivity index (χ1n) is 6.25. The van der Waals surface area contributed by atoms with E-state index in [4.69, 9.17) is 9.84 Å². The molecule has 0 heterocycles. The Hall–Kier alpha value is -2.24. The van der Waals surface area contributed by atoms with Crippen molar-refractivity contribution in [3.05, 3.63) is 65.7 Å². The topological polar surface area (TPSA) is 29.5 Å². The quantitative estimate of drug-likeness (QED) is 0.848. The summed E-state index contributed by atoms with van der Waals surface area (Å²) in [6.45, 7) is 0.472. The molecule has 0 fully saturated rings. The molecule has 0 unspecified atom stereocenters. The number of aliphatic hydroxyl groups is 1. The molecule has 0 saturated heterocycles. The molecule has 0 spiro atoms. The molecule has 2 aromatic carbocycles. The zero-order valence-corrected chi connectivity index (χ0v) is 10.7. The number of rotatable bonds is 4. The molecule has 0 aliphatic rings. The van der Waals surface area contributed by atoms with Gasteiger partial charge < -0.3 is 9.84 Å². The molecule has 2 nitrogen and oxygen atoms in total. The van der Waals surface area contributed by atoms with Gasteiger partial charge in [-0.25, -0.2) is 0 Å². The predicted octanol–water partition coefficient (Wildman–Crippen LogP) is 2.65. The van der Waals surface area contributed by atoms with Crippen LogP contribution in [0, 0.1) is 11.8 Å². The molecule has 0 aliphatic carbocycles. The van der Waals surface area contributed by atoms with E-state index in [2.05, 4.69) is 24.0 Å². The zero-order valence-electron chi connectivity index (χ0n) is 10.7. The van der Waals surface area contributed by atoms with Crippen molar-refractivity contribution in [3.63, 3.8) is 0 Å². The number of hydrogen-bond donors (Lipinski definition) is 1. The van der Waals surface area contributed by atoms with E-state index in [0.717, 1.165) is 17.7 Å². The van der Waals surface area contributed by atoms with Crippen molar-refractivity contribution in [2.45, 2.75) is 6.42 Å². The minimum atomic E-state index is -0.141. The maximum atomic E-state index is 8.73. The molecule has 2 rings (SSSR count). The van der Waals surface area contributed by atoms with Gasteiger partial charge in [0.05, 0.1) is 12.2 Å². The van der Waals surface area contributed by atoms with Crippen LogP contribution in [-0.4, -0.2) is 18.3 Å². The van der Waals surface area contributed by atoms with E-state index < -0.39 is 0 Å². The van der Waals surface area contributed by atoms with E-state index >= 15 is 0 Å². The first-order valence-corrected chi connectivity index (χ1v) is 6.25. The largest absolute Gasteiger partial charge is 0.492 e. The molecule has 19 heavy (non-hydrogen) atoms. The Balaban J connectivity index is 1.96. The second-order valence-corrected chi connectivity index (χ2v) is 4.04. The van der Waals surface area contributed by atoms with Gasteiger partial charge in [-0.2, -0.15) is 0 Å². The maximum absolute atomic E-state index is 8.73. The molecular weight excluding hydrogens is 236 g/mol. The van der Waals surface area contributed by atoms with Gasteiger partial charge in [-0.3, -0.25) is 0 Å². The van der Waals surface area contributed by atoms with Gasteiger partial charge in [0.15, 0.2) is 0 Å². The normalized spacial score (nSPS) is 9.53. The van der Waals surface area contributed by atoms with E-state index in [-0.39, 0.29) is 6.61 Å². The lowest BCUT2D eigenvalue weighted by Crippen LogP contribution is -2.02. The van der Waals surface area contributed by atoms with Gasteiger partial charge in [-0.1, -0.05) is 54.3 Å². The summed E-state index contributed by atoms with van der Waals surface area (Å²) >= 11 is 0. The summed E-state index contributed by atoms with van der Waals surface area (Å²) in [6.07, 6.45) is 0.864. The molecule has 0 amide bonds. The highest BCUT2D eigenvalue weighted by atomic mass is 16.5. The summed E-state index contributed by atoms with van der Waals surface area (Å²) in [6, 6.07) is 17.8. The highest BCUT2D eigenvalue weighted by Gasteiger charge is 2.00. The fraction of sp³-hybridized carbons (Fsp3) is 0.176. The molecule has 0 aliphatic heterocycles. The van der Waals surface area contributed by atoms with Crippen LogP contribution in [0.4, 0.5) is 0 Å². The number of aliphatic hydroxyl groups excluding tert-OH is 1. The van der Waals surface area contributed by atoms with Crippen LogP contribution in [0.1, 0.15) is 11.1 Å². The highest BCUT2D eigenvalue weighted by Crippen LogP contribution is 2.17. The summed E-state index contributed by atoms with van der Waals surface area (Å²) in [4.78, 5) is 0. The first kappa shape index (κ1) is 13.2. The van der Waals surface area contributed by atoms with Crippen molar-refractivity contribution in [1.29, 1.82) is 0 Å². The molecule has 2 heteroatoms. The molecular formula is C17H16O2. The van der Waals surface area contributed by atoms with Gasteiger partial charge in [-0.05, 0) is 17.7 Å². The highest BCUT2D eigenvalue weighted by molar-refractivity contribution is 5.45. The van der Waals surface area contributed by atoms with Crippen LogP contribution in [-0.2, 0) is 6.42 Å². The van der Waals surface area contributed by atoms with Crippen LogP contribution < -0.4 is 4.74 Å². The minimum absolute atomic E-state index is 0.141. The molecule has 0 atom stereocenters. The van der Waals surface area contributed by atoms with Gasteiger partial charge in [-0.15, -0.1) is 0 Å². The molecule has 96 valence electrons. The van der Waals surface area contributed by atoms with Gasteiger partial charge in [0, 0.05) is 6.42 Å². The van der Waals surface area contributed by atoms with Crippen LogP contribution >= 0.6 is 0 Å². The van der Waals surface area contributed by atoms with Crippen molar-refractivity contribution in [2.75, 3.05) is 13.2 Å². The van der Waals surface area contributed by atoms with Gasteiger partial charge in [0.1, 0.15) is 12.4 Å². The third-order valence-corrected chi connectivity index (χ3v) is 2.68. The predicted molar refractivity (Wildman–Crippen MR) is 76.0 cm³/mol. The smallest absolute Gasteiger partial charge is 0.134 e. The first-order chi connectivity index (χ1) is 9.40. The number of hydrogen-bond acceptors (Lipinski definition) is 2. The van der Waals surface area contributed by atoms with Gasteiger partial charge in [0.25, 0.3) is 0 Å². The Bertz CT molecular complexity index is 565. The maximum Gasteiger partial charge on any atom is 0.134 e. The van der Waals surface area contributed by atoms with Crippen molar-refractivity contribution in [1.82, 2.24) is 0 Å². The van der Waals surface area contributed by atoms with Crippen LogP contribution in [0.3, 0.4) is 0 Å². The monoisotopic (exact) mass is 252 g/mol. The van der Waals surface area contributed by atoms with E-state index in [9.17, 15) is 0 Å². The molecule has 0 saturated carbocycles. The number of para-hydroxylation sites is 1. The number of ether oxygens (including phenoxy) is 1. The lowest BCUT2D eigenvalue weighted by molar-refractivity contribution is 0.321. The summed E-state index contributed by atoms with van der Waals surface area (Å²) in [7, 11) is 0. The molecule has 2 aromatic rings. The van der Waals surface area contributed by atoms with E-state index in [1.807, 2.05) is 42.5 Å². The van der Waals surface area contributed by atoms with Gasteiger partial charge in [0.2, 0.25) is 0 Å². The lowest BCUT2D eigenvalue weighted by atomic mass is 10.1. The second kappa shape index (κ2) is 7.25. The summed E-state index contributed by atoms with van der Waals surface area (Å²) in [5, 5.41) is 8.73. The minimum Gasteiger partial charge on any atom is -0.492 e. The third-order valence-electron chi connectivity index (χ3n) is 2.68. The standard InChI is InChI=1S/C17H16O2/c18-13-6-10-16-9-4-5-11-17(16)19-14-12-15-7-2-1-3-8-15/h1-5,7-9,11,18H,12-14H2. The Morgan fingerprint density at radius 3 is 2.47 bits per heavy atom. The Labute approximate surface area is 113 Å². The van der Waals surface area contributed by atoms with E-state index in [1.165, 1.54) is 5.56 Å². The van der Waals surface area contributed by atoms with Crippen LogP contribution in [0.25, 0.3) is 0 Å². The molecule has 0 bridgehead atoms. The Morgan fingerprint density at radius 1 is 0.947 bits per heavy atom. The molecule has 0 aromatic heterocycles. The summed E-state index contributed by atoms with van der Waals surface area (Å²) in [5.41, 5.74) is 2.06. The molecule has 1 N–H and O–H groups in total. The average molecular weight is 252 g/mol. The van der Waals surface area contributed by atoms with Crippen LogP contribution in [0.2, 0.25) is 0 Å². The number of benzene rings is 2. The van der Waals surface area contributed by atoms with Crippen LogP contribution in [0.5, 0.6) is 5.75 Å². The van der Waals surface area contributed by atoms with E-state index in [0.29, 0.717) is 6.61 Å². The average Bonchev–Trinajstić information content (AvgIpc) is 2.47. The summed E-state index contributed by atoms with van der Waals surface area (Å²) < 4.78 is 5.75.